The molecular weight excluding hydrogens is 216 g/mol. The predicted molar refractivity (Wildman–Crippen MR) is 70.6 cm³/mol. The van der Waals surface area contributed by atoms with Crippen molar-refractivity contribution in [3.8, 4) is 5.75 Å². The summed E-state index contributed by atoms with van der Waals surface area (Å²) in [6, 6.07) is 7.93. The first kappa shape index (κ1) is 13.8. The van der Waals surface area contributed by atoms with E-state index in [0.29, 0.717) is 6.54 Å². The number of para-hydroxylation sites is 2. The molecule has 0 saturated carbocycles. The summed E-state index contributed by atoms with van der Waals surface area (Å²) >= 11 is 0. The van der Waals surface area contributed by atoms with Crippen molar-refractivity contribution in [2.75, 3.05) is 38.3 Å². The van der Waals surface area contributed by atoms with Crippen LogP contribution in [-0.4, -0.2) is 38.5 Å². The molecular formula is C13H22N2O2. The van der Waals surface area contributed by atoms with Crippen molar-refractivity contribution in [2.24, 2.45) is 5.73 Å². The molecule has 0 spiro atoms. The number of anilines is 1. The Morgan fingerprint density at radius 1 is 1.24 bits per heavy atom. The standard InChI is InChI=1S/C13H22N2O2/c1-17-13-7-3-2-6-12(13)15(9-4-8-14)10-5-11-16/h2-3,6-7,16H,4-5,8-11,14H2,1H3. The van der Waals surface area contributed by atoms with Crippen molar-refractivity contribution in [2.45, 2.75) is 12.8 Å². The fourth-order valence-electron chi connectivity index (χ4n) is 1.79. The second-order valence-corrected chi connectivity index (χ2v) is 3.88. The molecule has 4 heteroatoms. The maximum Gasteiger partial charge on any atom is 0.142 e. The van der Waals surface area contributed by atoms with E-state index >= 15 is 0 Å². The monoisotopic (exact) mass is 238 g/mol. The summed E-state index contributed by atoms with van der Waals surface area (Å²) < 4.78 is 5.35. The molecule has 0 aliphatic carbocycles. The van der Waals surface area contributed by atoms with Gasteiger partial charge >= 0.3 is 0 Å². The zero-order valence-electron chi connectivity index (χ0n) is 10.4. The van der Waals surface area contributed by atoms with E-state index in [2.05, 4.69) is 4.90 Å². The number of hydrogen-bond donors (Lipinski definition) is 2. The highest BCUT2D eigenvalue weighted by molar-refractivity contribution is 5.58. The number of aliphatic hydroxyl groups excluding tert-OH is 1. The first-order valence-electron chi connectivity index (χ1n) is 6.02. The lowest BCUT2D eigenvalue weighted by atomic mass is 10.2. The number of ether oxygens (including phenoxy) is 1. The highest BCUT2D eigenvalue weighted by Gasteiger charge is 2.10. The van der Waals surface area contributed by atoms with Crippen molar-refractivity contribution < 1.29 is 9.84 Å². The number of nitrogens with zero attached hydrogens (tertiary/aromatic N) is 1. The van der Waals surface area contributed by atoms with Gasteiger partial charge in [-0.2, -0.15) is 0 Å². The van der Waals surface area contributed by atoms with Crippen LogP contribution in [0.25, 0.3) is 0 Å². The molecule has 0 aromatic heterocycles. The molecule has 0 bridgehead atoms. The zero-order valence-corrected chi connectivity index (χ0v) is 10.4. The van der Waals surface area contributed by atoms with Crippen LogP contribution >= 0.6 is 0 Å². The van der Waals surface area contributed by atoms with Gasteiger partial charge in [0.05, 0.1) is 12.8 Å². The van der Waals surface area contributed by atoms with Crippen molar-refractivity contribution in [1.82, 2.24) is 0 Å². The maximum absolute atomic E-state index is 8.93. The van der Waals surface area contributed by atoms with E-state index in [9.17, 15) is 0 Å². The molecule has 0 aliphatic rings. The molecule has 17 heavy (non-hydrogen) atoms. The van der Waals surface area contributed by atoms with Crippen LogP contribution in [0.5, 0.6) is 5.75 Å². The van der Waals surface area contributed by atoms with Gasteiger partial charge in [-0.05, 0) is 31.5 Å². The number of aliphatic hydroxyl groups is 1. The zero-order chi connectivity index (χ0) is 12.5. The first-order chi connectivity index (χ1) is 8.33. The minimum Gasteiger partial charge on any atom is -0.495 e. The quantitative estimate of drug-likeness (QED) is 0.715. The summed E-state index contributed by atoms with van der Waals surface area (Å²) in [6.07, 6.45) is 1.69. The number of nitrogens with two attached hydrogens (primary N) is 1. The molecule has 1 aromatic rings. The summed E-state index contributed by atoms with van der Waals surface area (Å²) in [6.45, 7) is 2.58. The van der Waals surface area contributed by atoms with Gasteiger partial charge in [0.25, 0.3) is 0 Å². The average Bonchev–Trinajstić information content (AvgIpc) is 2.39. The molecule has 0 saturated heterocycles. The van der Waals surface area contributed by atoms with Crippen LogP contribution in [0.2, 0.25) is 0 Å². The van der Waals surface area contributed by atoms with Gasteiger partial charge in [0.2, 0.25) is 0 Å². The second-order valence-electron chi connectivity index (χ2n) is 3.88. The van der Waals surface area contributed by atoms with Crippen LogP contribution in [0.4, 0.5) is 5.69 Å². The smallest absolute Gasteiger partial charge is 0.142 e. The molecule has 0 amide bonds. The van der Waals surface area contributed by atoms with Crippen LogP contribution in [0.3, 0.4) is 0 Å². The first-order valence-corrected chi connectivity index (χ1v) is 6.02. The Morgan fingerprint density at radius 2 is 1.94 bits per heavy atom. The molecule has 1 rings (SSSR count). The van der Waals surface area contributed by atoms with Gasteiger partial charge in [-0.1, -0.05) is 12.1 Å². The van der Waals surface area contributed by atoms with E-state index in [4.69, 9.17) is 15.6 Å². The number of rotatable bonds is 8. The third-order valence-corrected chi connectivity index (χ3v) is 2.64. The average molecular weight is 238 g/mol. The van der Waals surface area contributed by atoms with Gasteiger partial charge in [0.1, 0.15) is 5.75 Å². The van der Waals surface area contributed by atoms with Crippen LogP contribution in [0, 0.1) is 0 Å². The topological polar surface area (TPSA) is 58.7 Å². The molecule has 96 valence electrons. The third kappa shape index (κ3) is 4.24. The number of benzene rings is 1. The lowest BCUT2D eigenvalue weighted by molar-refractivity contribution is 0.289. The normalized spacial score (nSPS) is 10.3. The third-order valence-electron chi connectivity index (χ3n) is 2.64. The van der Waals surface area contributed by atoms with Gasteiger partial charge in [0, 0.05) is 19.7 Å². The fraction of sp³-hybridized carbons (Fsp3) is 0.538. The van der Waals surface area contributed by atoms with E-state index in [1.165, 1.54) is 0 Å². The lowest BCUT2D eigenvalue weighted by Crippen LogP contribution is -2.28. The highest BCUT2D eigenvalue weighted by atomic mass is 16.5. The van der Waals surface area contributed by atoms with Crippen LogP contribution in [-0.2, 0) is 0 Å². The summed E-state index contributed by atoms with van der Waals surface area (Å²) in [5, 5.41) is 8.93. The van der Waals surface area contributed by atoms with Gasteiger partial charge in [-0.3, -0.25) is 0 Å². The van der Waals surface area contributed by atoms with Gasteiger partial charge < -0.3 is 20.5 Å². The van der Waals surface area contributed by atoms with E-state index in [1.54, 1.807) is 7.11 Å². The van der Waals surface area contributed by atoms with Crippen molar-refractivity contribution in [1.29, 1.82) is 0 Å². The minimum absolute atomic E-state index is 0.203. The summed E-state index contributed by atoms with van der Waals surface area (Å²) in [5.41, 5.74) is 6.61. The largest absolute Gasteiger partial charge is 0.495 e. The molecule has 3 N–H and O–H groups in total. The van der Waals surface area contributed by atoms with E-state index in [-0.39, 0.29) is 6.61 Å². The van der Waals surface area contributed by atoms with Gasteiger partial charge in [0.15, 0.2) is 0 Å². The SMILES string of the molecule is COc1ccccc1N(CCCN)CCCO. The van der Waals surface area contributed by atoms with Crippen LogP contribution in [0.1, 0.15) is 12.8 Å². The molecule has 0 aliphatic heterocycles. The molecule has 0 radical (unpaired) electrons. The van der Waals surface area contributed by atoms with Gasteiger partial charge in [-0.25, -0.2) is 0 Å². The molecule has 4 nitrogen and oxygen atoms in total. The van der Waals surface area contributed by atoms with Crippen LogP contribution in [0.15, 0.2) is 24.3 Å². The number of hydrogen-bond acceptors (Lipinski definition) is 4. The van der Waals surface area contributed by atoms with E-state index < -0.39 is 0 Å². The Kier molecular flexibility index (Phi) is 6.43. The summed E-state index contributed by atoms with van der Waals surface area (Å²) in [5.74, 6) is 0.863. The molecule has 0 unspecified atom stereocenters. The summed E-state index contributed by atoms with van der Waals surface area (Å²) in [7, 11) is 1.67. The Hall–Kier alpha value is -1.26. The van der Waals surface area contributed by atoms with Crippen molar-refractivity contribution in [3.63, 3.8) is 0 Å². The Morgan fingerprint density at radius 3 is 2.59 bits per heavy atom. The van der Waals surface area contributed by atoms with Gasteiger partial charge in [-0.15, -0.1) is 0 Å². The predicted octanol–water partition coefficient (Wildman–Crippen LogP) is 1.23. The van der Waals surface area contributed by atoms with Crippen molar-refractivity contribution >= 4 is 5.69 Å². The van der Waals surface area contributed by atoms with Crippen molar-refractivity contribution in [3.05, 3.63) is 24.3 Å². The fourth-order valence-corrected chi connectivity index (χ4v) is 1.79. The van der Waals surface area contributed by atoms with Crippen LogP contribution < -0.4 is 15.4 Å². The number of methoxy groups -OCH3 is 1. The lowest BCUT2D eigenvalue weighted by Gasteiger charge is -2.26. The Labute approximate surface area is 103 Å². The molecule has 0 atom stereocenters. The maximum atomic E-state index is 8.93. The van der Waals surface area contributed by atoms with E-state index in [0.717, 1.165) is 37.4 Å². The molecule has 0 heterocycles. The Bertz CT molecular complexity index is 310. The Balaban J connectivity index is 2.78. The second kappa shape index (κ2) is 7.92. The minimum atomic E-state index is 0.203. The molecule has 0 fully saturated rings. The summed E-state index contributed by atoms with van der Waals surface area (Å²) in [4.78, 5) is 2.21. The van der Waals surface area contributed by atoms with E-state index in [1.807, 2.05) is 24.3 Å². The molecule has 1 aromatic carbocycles. The highest BCUT2D eigenvalue weighted by Crippen LogP contribution is 2.27.